The van der Waals surface area contributed by atoms with E-state index in [1.54, 1.807) is 12.1 Å². The molecule has 5 nitrogen and oxygen atoms in total. The molecule has 0 radical (unpaired) electrons. The zero-order chi connectivity index (χ0) is 16.4. The molecule has 0 saturated heterocycles. The summed E-state index contributed by atoms with van der Waals surface area (Å²) in [6, 6.07) is 10.5. The standard InChI is InChI=1S/C17H13ClN2O3/c1-23-14-6-7-19-16(17(14)22)13(21)9-10-2-4-12-11(8-10)3-5-15(18)20-12/h2-8,22H,9H2,1H3. The highest BCUT2D eigenvalue weighted by Gasteiger charge is 2.17. The second-order valence-corrected chi connectivity index (χ2v) is 5.36. The van der Waals surface area contributed by atoms with E-state index in [-0.39, 0.29) is 29.4 Å². The number of rotatable bonds is 4. The first-order valence-electron chi connectivity index (χ1n) is 6.89. The summed E-state index contributed by atoms with van der Waals surface area (Å²) < 4.78 is 4.99. The number of carbonyl (C=O) groups excluding carboxylic acids is 1. The van der Waals surface area contributed by atoms with E-state index >= 15 is 0 Å². The van der Waals surface area contributed by atoms with E-state index in [0.29, 0.717) is 5.15 Å². The first-order valence-corrected chi connectivity index (χ1v) is 7.26. The van der Waals surface area contributed by atoms with Crippen molar-refractivity contribution in [1.82, 2.24) is 9.97 Å². The van der Waals surface area contributed by atoms with Gasteiger partial charge in [-0.1, -0.05) is 17.7 Å². The Labute approximate surface area is 137 Å². The molecule has 0 unspecified atom stereocenters. The minimum Gasteiger partial charge on any atom is -0.503 e. The first-order chi connectivity index (χ1) is 11.1. The predicted molar refractivity (Wildman–Crippen MR) is 87.2 cm³/mol. The zero-order valence-electron chi connectivity index (χ0n) is 12.3. The molecule has 0 atom stereocenters. The van der Waals surface area contributed by atoms with Gasteiger partial charge in [0.1, 0.15) is 5.15 Å². The number of halogens is 1. The molecule has 3 rings (SSSR count). The van der Waals surface area contributed by atoms with E-state index in [4.69, 9.17) is 16.3 Å². The quantitative estimate of drug-likeness (QED) is 0.587. The molecule has 0 bridgehead atoms. The molecule has 116 valence electrons. The van der Waals surface area contributed by atoms with E-state index in [1.807, 2.05) is 18.2 Å². The maximum atomic E-state index is 12.4. The van der Waals surface area contributed by atoms with Crippen LogP contribution in [0.4, 0.5) is 0 Å². The van der Waals surface area contributed by atoms with Crippen LogP contribution in [0, 0.1) is 0 Å². The number of Topliss-reactive ketones (excluding diaryl/α,β-unsaturated/α-hetero) is 1. The van der Waals surface area contributed by atoms with Gasteiger partial charge in [-0.05, 0) is 29.8 Å². The number of hydrogen-bond acceptors (Lipinski definition) is 5. The monoisotopic (exact) mass is 328 g/mol. The van der Waals surface area contributed by atoms with E-state index in [2.05, 4.69) is 9.97 Å². The van der Waals surface area contributed by atoms with Gasteiger partial charge >= 0.3 is 0 Å². The van der Waals surface area contributed by atoms with Crippen molar-refractivity contribution in [1.29, 1.82) is 0 Å². The zero-order valence-corrected chi connectivity index (χ0v) is 13.0. The predicted octanol–water partition coefficient (Wildman–Crippen LogP) is 3.42. The molecule has 0 aliphatic heterocycles. The van der Waals surface area contributed by atoms with Crippen LogP contribution in [0.25, 0.3) is 10.9 Å². The van der Waals surface area contributed by atoms with E-state index in [1.165, 1.54) is 19.4 Å². The molecule has 1 aromatic carbocycles. The van der Waals surface area contributed by atoms with Crippen molar-refractivity contribution in [2.75, 3.05) is 7.11 Å². The van der Waals surface area contributed by atoms with Crippen molar-refractivity contribution in [3.63, 3.8) is 0 Å². The fraction of sp³-hybridized carbons (Fsp3) is 0.118. The van der Waals surface area contributed by atoms with E-state index < -0.39 is 0 Å². The molecule has 2 aromatic heterocycles. The molecule has 0 aliphatic rings. The van der Waals surface area contributed by atoms with Gasteiger partial charge in [0.05, 0.1) is 12.6 Å². The van der Waals surface area contributed by atoms with Gasteiger partial charge in [0.25, 0.3) is 0 Å². The third-order valence-electron chi connectivity index (χ3n) is 3.46. The number of methoxy groups -OCH3 is 1. The summed E-state index contributed by atoms with van der Waals surface area (Å²) >= 11 is 5.86. The molecule has 23 heavy (non-hydrogen) atoms. The lowest BCUT2D eigenvalue weighted by molar-refractivity contribution is 0.0984. The lowest BCUT2D eigenvalue weighted by Crippen LogP contribution is -2.07. The Kier molecular flexibility index (Phi) is 4.12. The van der Waals surface area contributed by atoms with Gasteiger partial charge in [-0.15, -0.1) is 0 Å². The molecule has 0 amide bonds. The van der Waals surface area contributed by atoms with Gasteiger partial charge in [-0.25, -0.2) is 9.97 Å². The highest BCUT2D eigenvalue weighted by atomic mass is 35.5. The maximum absolute atomic E-state index is 12.4. The molecule has 2 heterocycles. The number of carbonyl (C=O) groups is 1. The van der Waals surface area contributed by atoms with Crippen LogP contribution >= 0.6 is 11.6 Å². The largest absolute Gasteiger partial charge is 0.503 e. The van der Waals surface area contributed by atoms with Crippen LogP contribution < -0.4 is 4.74 Å². The number of benzene rings is 1. The Bertz CT molecular complexity index is 896. The minimum absolute atomic E-state index is 0.00122. The number of aromatic nitrogens is 2. The molecular weight excluding hydrogens is 316 g/mol. The van der Waals surface area contributed by atoms with Crippen LogP contribution in [0.2, 0.25) is 5.15 Å². The SMILES string of the molecule is COc1ccnc(C(=O)Cc2ccc3nc(Cl)ccc3c2)c1O. The van der Waals surface area contributed by atoms with Crippen LogP contribution in [0.5, 0.6) is 11.5 Å². The fourth-order valence-electron chi connectivity index (χ4n) is 2.33. The number of nitrogens with zero attached hydrogens (tertiary/aromatic N) is 2. The van der Waals surface area contributed by atoms with Crippen LogP contribution in [0.1, 0.15) is 16.1 Å². The van der Waals surface area contributed by atoms with Crippen LogP contribution in [0.3, 0.4) is 0 Å². The second kappa shape index (κ2) is 6.22. The number of hydrogen-bond donors (Lipinski definition) is 1. The van der Waals surface area contributed by atoms with Crippen molar-refractivity contribution < 1.29 is 14.6 Å². The van der Waals surface area contributed by atoms with Crippen LogP contribution in [-0.4, -0.2) is 28.0 Å². The molecular formula is C17H13ClN2O3. The highest BCUT2D eigenvalue weighted by molar-refractivity contribution is 6.29. The third-order valence-corrected chi connectivity index (χ3v) is 3.67. The molecule has 1 N–H and O–H groups in total. The number of aromatic hydroxyl groups is 1. The van der Waals surface area contributed by atoms with Crippen molar-refractivity contribution in [2.24, 2.45) is 0 Å². The Morgan fingerprint density at radius 1 is 1.26 bits per heavy atom. The van der Waals surface area contributed by atoms with E-state index in [0.717, 1.165) is 16.5 Å². The van der Waals surface area contributed by atoms with Gasteiger partial charge in [0.15, 0.2) is 23.0 Å². The molecule has 3 aromatic rings. The second-order valence-electron chi connectivity index (χ2n) is 4.97. The van der Waals surface area contributed by atoms with Crippen molar-refractivity contribution in [3.8, 4) is 11.5 Å². The summed E-state index contributed by atoms with van der Waals surface area (Å²) in [6.07, 6.45) is 1.55. The fourth-order valence-corrected chi connectivity index (χ4v) is 2.49. The Morgan fingerprint density at radius 2 is 2.09 bits per heavy atom. The summed E-state index contributed by atoms with van der Waals surface area (Å²) in [7, 11) is 1.42. The van der Waals surface area contributed by atoms with Gasteiger partial charge < -0.3 is 9.84 Å². The van der Waals surface area contributed by atoms with E-state index in [9.17, 15) is 9.90 Å². The number of ether oxygens (including phenoxy) is 1. The summed E-state index contributed by atoms with van der Waals surface area (Å²) in [6.45, 7) is 0. The average molecular weight is 329 g/mol. The van der Waals surface area contributed by atoms with Crippen molar-refractivity contribution >= 4 is 28.3 Å². The normalized spacial score (nSPS) is 10.7. The molecule has 0 saturated carbocycles. The Hall–Kier alpha value is -2.66. The summed E-state index contributed by atoms with van der Waals surface area (Å²) in [5.41, 5.74) is 1.56. The first kappa shape index (κ1) is 15.2. The van der Waals surface area contributed by atoms with Gasteiger partial charge in [0.2, 0.25) is 0 Å². The van der Waals surface area contributed by atoms with Crippen molar-refractivity contribution in [3.05, 3.63) is 59.0 Å². The Balaban J connectivity index is 1.90. The minimum atomic E-state index is -0.289. The highest BCUT2D eigenvalue weighted by Crippen LogP contribution is 2.28. The van der Waals surface area contributed by atoms with Gasteiger partial charge in [0, 0.05) is 24.1 Å². The molecule has 0 aliphatic carbocycles. The van der Waals surface area contributed by atoms with Gasteiger partial charge in [-0.3, -0.25) is 4.79 Å². The summed E-state index contributed by atoms with van der Waals surface area (Å²) in [5, 5.41) is 11.3. The maximum Gasteiger partial charge on any atom is 0.189 e. The molecule has 0 spiro atoms. The number of fused-ring (bicyclic) bond motifs is 1. The summed E-state index contributed by atoms with van der Waals surface area (Å²) in [4.78, 5) is 20.5. The molecule has 6 heteroatoms. The number of pyridine rings is 2. The topological polar surface area (TPSA) is 72.3 Å². The van der Waals surface area contributed by atoms with Crippen LogP contribution in [0.15, 0.2) is 42.6 Å². The third kappa shape index (κ3) is 3.10. The van der Waals surface area contributed by atoms with Crippen molar-refractivity contribution in [2.45, 2.75) is 6.42 Å². The Morgan fingerprint density at radius 3 is 2.87 bits per heavy atom. The summed E-state index contributed by atoms with van der Waals surface area (Å²) in [5.74, 6) is -0.308. The lowest BCUT2D eigenvalue weighted by Gasteiger charge is -2.07. The number of ketones is 1. The smallest absolute Gasteiger partial charge is 0.189 e. The lowest BCUT2D eigenvalue weighted by atomic mass is 10.0. The average Bonchev–Trinajstić information content (AvgIpc) is 2.55. The molecule has 0 fully saturated rings. The van der Waals surface area contributed by atoms with Crippen LogP contribution in [-0.2, 0) is 6.42 Å². The van der Waals surface area contributed by atoms with Gasteiger partial charge in [-0.2, -0.15) is 0 Å².